The van der Waals surface area contributed by atoms with Crippen LogP contribution in [0, 0.1) is 0 Å². The quantitative estimate of drug-likeness (QED) is 0.798. The van der Waals surface area contributed by atoms with Crippen molar-refractivity contribution >= 4 is 33.7 Å². The molecule has 0 aromatic carbocycles. The highest BCUT2D eigenvalue weighted by Gasteiger charge is 2.35. The molecule has 2 amide bonds. The van der Waals surface area contributed by atoms with Gasteiger partial charge in [-0.2, -0.15) is 0 Å². The minimum atomic E-state index is -1.07. The second-order valence-corrected chi connectivity index (χ2v) is 4.77. The van der Waals surface area contributed by atoms with Gasteiger partial charge in [0.05, 0.1) is 0 Å². The molecule has 7 heteroatoms. The number of halogens is 1. The van der Waals surface area contributed by atoms with Crippen LogP contribution < -0.4 is 4.90 Å². The van der Waals surface area contributed by atoms with E-state index in [1.165, 1.54) is 4.90 Å². The molecule has 1 saturated heterocycles. The minimum absolute atomic E-state index is 0.255. The summed E-state index contributed by atoms with van der Waals surface area (Å²) >= 11 is 3.25. The Labute approximate surface area is 112 Å². The number of rotatable bonds is 1. The van der Waals surface area contributed by atoms with Gasteiger partial charge in [0.25, 0.3) is 5.91 Å². The van der Waals surface area contributed by atoms with Gasteiger partial charge in [0.15, 0.2) is 0 Å². The van der Waals surface area contributed by atoms with Crippen molar-refractivity contribution in [3.8, 4) is 0 Å². The molecule has 0 unspecified atom stereocenters. The van der Waals surface area contributed by atoms with Gasteiger partial charge in [0, 0.05) is 13.1 Å². The molecule has 18 heavy (non-hydrogen) atoms. The lowest BCUT2D eigenvalue weighted by Gasteiger charge is -2.36. The topological polar surface area (TPSA) is 73.7 Å². The summed E-state index contributed by atoms with van der Waals surface area (Å²) in [5.74, 6) is 0.278. The van der Waals surface area contributed by atoms with Crippen molar-refractivity contribution in [3.05, 3.63) is 22.8 Å². The number of amides is 2. The van der Waals surface area contributed by atoms with Crippen LogP contribution in [0.1, 0.15) is 6.92 Å². The number of aromatic nitrogens is 1. The lowest BCUT2D eigenvalue weighted by atomic mass is 10.2. The molecule has 0 radical (unpaired) electrons. The van der Waals surface area contributed by atoms with Crippen LogP contribution in [0.3, 0.4) is 0 Å². The molecule has 0 spiro atoms. The first-order chi connectivity index (χ1) is 8.50. The SMILES string of the molecule is C[C@H]1C(=O)N(c2cccc(Br)n2)CCN1C(=O)O. The third-order valence-corrected chi connectivity index (χ3v) is 3.32. The number of carboxylic acid groups (broad SMARTS) is 1. The van der Waals surface area contributed by atoms with Crippen molar-refractivity contribution in [2.75, 3.05) is 18.0 Å². The Morgan fingerprint density at radius 2 is 2.22 bits per heavy atom. The number of hydrogen-bond donors (Lipinski definition) is 1. The van der Waals surface area contributed by atoms with Gasteiger partial charge >= 0.3 is 6.09 Å². The summed E-state index contributed by atoms with van der Waals surface area (Å²) in [6, 6.07) is 4.60. The van der Waals surface area contributed by atoms with Gasteiger partial charge in [0.2, 0.25) is 0 Å². The molecule has 0 saturated carbocycles. The molecule has 1 fully saturated rings. The third-order valence-electron chi connectivity index (χ3n) is 2.88. The molecule has 1 aromatic heterocycles. The molecular weight excluding hydrogens is 302 g/mol. The van der Waals surface area contributed by atoms with E-state index < -0.39 is 12.1 Å². The normalized spacial score (nSPS) is 20.1. The van der Waals surface area contributed by atoms with Gasteiger partial charge in [-0.25, -0.2) is 9.78 Å². The average molecular weight is 314 g/mol. The van der Waals surface area contributed by atoms with Gasteiger partial charge in [-0.3, -0.25) is 14.6 Å². The molecule has 0 aliphatic carbocycles. The average Bonchev–Trinajstić information content (AvgIpc) is 2.32. The highest BCUT2D eigenvalue weighted by molar-refractivity contribution is 9.10. The molecular formula is C11H12BrN3O3. The number of nitrogens with zero attached hydrogens (tertiary/aromatic N) is 3. The molecule has 1 aromatic rings. The fourth-order valence-electron chi connectivity index (χ4n) is 1.91. The lowest BCUT2D eigenvalue weighted by molar-refractivity contribution is -0.124. The molecule has 0 bridgehead atoms. The number of pyridine rings is 1. The van der Waals surface area contributed by atoms with E-state index in [4.69, 9.17) is 5.11 Å². The lowest BCUT2D eigenvalue weighted by Crippen LogP contribution is -2.57. The number of hydrogen-bond acceptors (Lipinski definition) is 3. The zero-order valence-electron chi connectivity index (χ0n) is 9.71. The minimum Gasteiger partial charge on any atom is -0.465 e. The monoisotopic (exact) mass is 313 g/mol. The van der Waals surface area contributed by atoms with E-state index in [1.54, 1.807) is 25.1 Å². The van der Waals surface area contributed by atoms with Gasteiger partial charge in [-0.05, 0) is 35.0 Å². The molecule has 1 aliphatic heterocycles. The van der Waals surface area contributed by atoms with E-state index in [9.17, 15) is 9.59 Å². The van der Waals surface area contributed by atoms with Crippen molar-refractivity contribution in [1.29, 1.82) is 0 Å². The van der Waals surface area contributed by atoms with Crippen molar-refractivity contribution in [1.82, 2.24) is 9.88 Å². The maximum absolute atomic E-state index is 12.1. The van der Waals surface area contributed by atoms with Crippen LogP contribution >= 0.6 is 15.9 Å². The standard InChI is InChI=1S/C11H12BrN3O3/c1-7-10(16)15(6-5-14(7)11(17)18)9-4-2-3-8(12)13-9/h2-4,7H,5-6H2,1H3,(H,17,18)/t7-/m0/s1. The Balaban J connectivity index is 2.23. The Morgan fingerprint density at radius 1 is 1.50 bits per heavy atom. The van der Waals surface area contributed by atoms with E-state index in [0.29, 0.717) is 17.0 Å². The Hall–Kier alpha value is -1.63. The predicted octanol–water partition coefficient (Wildman–Crippen LogP) is 1.56. The van der Waals surface area contributed by atoms with Crippen LogP contribution in [-0.2, 0) is 4.79 Å². The van der Waals surface area contributed by atoms with Crippen molar-refractivity contribution in [2.45, 2.75) is 13.0 Å². The molecule has 96 valence electrons. The first-order valence-electron chi connectivity index (χ1n) is 5.44. The van der Waals surface area contributed by atoms with E-state index in [2.05, 4.69) is 20.9 Å². The Bertz CT molecular complexity index is 494. The van der Waals surface area contributed by atoms with E-state index >= 15 is 0 Å². The Kier molecular flexibility index (Phi) is 3.51. The van der Waals surface area contributed by atoms with Crippen LogP contribution in [0.5, 0.6) is 0 Å². The number of carbonyl (C=O) groups is 2. The second kappa shape index (κ2) is 4.93. The highest BCUT2D eigenvalue weighted by Crippen LogP contribution is 2.20. The van der Waals surface area contributed by atoms with E-state index in [0.717, 1.165) is 4.90 Å². The molecule has 1 atom stereocenters. The van der Waals surface area contributed by atoms with Crippen LogP contribution in [0.4, 0.5) is 10.6 Å². The molecule has 6 nitrogen and oxygen atoms in total. The highest BCUT2D eigenvalue weighted by atomic mass is 79.9. The molecule has 1 aliphatic rings. The zero-order chi connectivity index (χ0) is 13.3. The number of anilines is 1. The summed E-state index contributed by atoms with van der Waals surface area (Å²) in [5, 5.41) is 8.96. The fraction of sp³-hybridized carbons (Fsp3) is 0.364. The van der Waals surface area contributed by atoms with Crippen molar-refractivity contribution in [2.24, 2.45) is 0 Å². The summed E-state index contributed by atoms with van der Waals surface area (Å²) in [7, 11) is 0. The molecule has 2 rings (SSSR count). The summed E-state index contributed by atoms with van der Waals surface area (Å²) in [4.78, 5) is 29.9. The van der Waals surface area contributed by atoms with Gasteiger partial charge in [-0.1, -0.05) is 6.07 Å². The van der Waals surface area contributed by atoms with E-state index in [1.807, 2.05) is 0 Å². The fourth-order valence-corrected chi connectivity index (χ4v) is 2.24. The summed E-state index contributed by atoms with van der Waals surface area (Å²) in [6.07, 6.45) is -1.07. The smallest absolute Gasteiger partial charge is 0.408 e. The first kappa shape index (κ1) is 12.8. The maximum Gasteiger partial charge on any atom is 0.408 e. The van der Waals surface area contributed by atoms with Gasteiger partial charge < -0.3 is 5.11 Å². The summed E-state index contributed by atoms with van der Waals surface area (Å²) in [6.45, 7) is 2.19. The second-order valence-electron chi connectivity index (χ2n) is 3.96. The predicted molar refractivity (Wildman–Crippen MR) is 68.5 cm³/mol. The van der Waals surface area contributed by atoms with E-state index in [-0.39, 0.29) is 12.5 Å². The zero-order valence-corrected chi connectivity index (χ0v) is 11.3. The third kappa shape index (κ3) is 2.31. The van der Waals surface area contributed by atoms with Crippen LogP contribution in [0.15, 0.2) is 22.8 Å². The molecule has 1 N–H and O–H groups in total. The Morgan fingerprint density at radius 3 is 2.83 bits per heavy atom. The number of carbonyl (C=O) groups excluding carboxylic acids is 1. The van der Waals surface area contributed by atoms with Crippen LogP contribution in [0.2, 0.25) is 0 Å². The summed E-state index contributed by atoms with van der Waals surface area (Å²) in [5.41, 5.74) is 0. The summed E-state index contributed by atoms with van der Waals surface area (Å²) < 4.78 is 0.640. The van der Waals surface area contributed by atoms with Crippen molar-refractivity contribution in [3.63, 3.8) is 0 Å². The largest absolute Gasteiger partial charge is 0.465 e. The van der Waals surface area contributed by atoms with Crippen LogP contribution in [0.25, 0.3) is 0 Å². The number of piperazine rings is 1. The van der Waals surface area contributed by atoms with Crippen molar-refractivity contribution < 1.29 is 14.7 Å². The first-order valence-corrected chi connectivity index (χ1v) is 6.23. The van der Waals surface area contributed by atoms with Gasteiger partial charge in [-0.15, -0.1) is 0 Å². The maximum atomic E-state index is 12.1. The van der Waals surface area contributed by atoms with Crippen LogP contribution in [-0.4, -0.2) is 46.1 Å². The van der Waals surface area contributed by atoms with Gasteiger partial charge in [0.1, 0.15) is 16.5 Å². The molecule has 2 heterocycles.